The van der Waals surface area contributed by atoms with Crippen molar-refractivity contribution in [3.05, 3.63) is 35.4 Å². The summed E-state index contributed by atoms with van der Waals surface area (Å²) in [6, 6.07) is 8.83. The number of carbonyl (C=O) groups excluding carboxylic acids is 1. The van der Waals surface area contributed by atoms with E-state index in [1.54, 1.807) is 7.05 Å². The Morgan fingerprint density at radius 1 is 1.19 bits per heavy atom. The minimum Gasteiger partial charge on any atom is -0.469 e. The van der Waals surface area contributed by atoms with E-state index in [1.165, 1.54) is 44.2 Å². The molecule has 0 aliphatic carbocycles. The number of guanidine groups is 1. The van der Waals surface area contributed by atoms with Gasteiger partial charge in [0.15, 0.2) is 5.96 Å². The van der Waals surface area contributed by atoms with Gasteiger partial charge in [0.05, 0.1) is 13.0 Å². The van der Waals surface area contributed by atoms with Gasteiger partial charge in [0.2, 0.25) is 0 Å². The molecule has 1 N–H and O–H groups in total. The number of esters is 1. The summed E-state index contributed by atoms with van der Waals surface area (Å²) in [6.07, 6.45) is 2.65. The summed E-state index contributed by atoms with van der Waals surface area (Å²) in [6.45, 7) is 7.78. The first kappa shape index (κ1) is 19.7. The molecule has 6 nitrogen and oxygen atoms in total. The van der Waals surface area contributed by atoms with E-state index in [9.17, 15) is 4.79 Å². The number of ether oxygens (including phenoxy) is 1. The van der Waals surface area contributed by atoms with Crippen molar-refractivity contribution in [3.63, 3.8) is 0 Å². The molecule has 3 rings (SSSR count). The molecule has 2 aliphatic rings. The van der Waals surface area contributed by atoms with Crippen LogP contribution in [0.3, 0.4) is 0 Å². The fourth-order valence-electron chi connectivity index (χ4n) is 4.07. The zero-order valence-corrected chi connectivity index (χ0v) is 16.8. The first-order valence-corrected chi connectivity index (χ1v) is 9.94. The van der Waals surface area contributed by atoms with E-state index in [2.05, 4.69) is 51.3 Å². The van der Waals surface area contributed by atoms with E-state index in [0.717, 1.165) is 25.6 Å². The van der Waals surface area contributed by atoms with Crippen molar-refractivity contribution < 1.29 is 9.53 Å². The fourth-order valence-corrected chi connectivity index (χ4v) is 4.07. The summed E-state index contributed by atoms with van der Waals surface area (Å²) < 4.78 is 4.92. The van der Waals surface area contributed by atoms with Gasteiger partial charge in [-0.3, -0.25) is 14.7 Å². The summed E-state index contributed by atoms with van der Waals surface area (Å²) in [5.41, 5.74) is 2.61. The van der Waals surface area contributed by atoms with Crippen molar-refractivity contribution in [1.82, 2.24) is 15.1 Å². The van der Waals surface area contributed by atoms with Crippen molar-refractivity contribution in [3.8, 4) is 0 Å². The number of likely N-dealkylation sites (tertiary alicyclic amines) is 2. The summed E-state index contributed by atoms with van der Waals surface area (Å²) in [7, 11) is 3.25. The lowest BCUT2D eigenvalue weighted by Crippen LogP contribution is -2.40. The molecule has 2 atom stereocenters. The topological polar surface area (TPSA) is 57.2 Å². The number of rotatable bonds is 5. The van der Waals surface area contributed by atoms with E-state index in [-0.39, 0.29) is 17.8 Å². The lowest BCUT2D eigenvalue weighted by Gasteiger charge is -2.21. The Morgan fingerprint density at radius 2 is 1.85 bits per heavy atom. The van der Waals surface area contributed by atoms with Crippen molar-refractivity contribution >= 4 is 11.9 Å². The minimum atomic E-state index is -0.131. The largest absolute Gasteiger partial charge is 0.469 e. The Morgan fingerprint density at radius 3 is 2.48 bits per heavy atom. The molecule has 148 valence electrons. The number of benzene rings is 1. The molecule has 2 heterocycles. The first-order chi connectivity index (χ1) is 13.1. The van der Waals surface area contributed by atoms with Gasteiger partial charge in [0.1, 0.15) is 0 Å². The number of hydrogen-bond acceptors (Lipinski definition) is 4. The lowest BCUT2D eigenvalue weighted by atomic mass is 9.99. The highest BCUT2D eigenvalue weighted by Crippen LogP contribution is 2.24. The Kier molecular flexibility index (Phi) is 6.72. The van der Waals surface area contributed by atoms with E-state index in [0.29, 0.717) is 6.54 Å². The van der Waals surface area contributed by atoms with Crippen LogP contribution in [-0.4, -0.2) is 62.1 Å². The van der Waals surface area contributed by atoms with Crippen LogP contribution >= 0.6 is 0 Å². The number of carbonyl (C=O) groups is 1. The van der Waals surface area contributed by atoms with Gasteiger partial charge in [-0.15, -0.1) is 0 Å². The fraction of sp³-hybridized carbons (Fsp3) is 0.619. The molecule has 1 aromatic carbocycles. The van der Waals surface area contributed by atoms with Crippen LogP contribution in [0.5, 0.6) is 0 Å². The second-order valence-electron chi connectivity index (χ2n) is 7.71. The molecule has 2 saturated heterocycles. The average Bonchev–Trinajstić information content (AvgIpc) is 3.33. The first-order valence-electron chi connectivity index (χ1n) is 9.94. The second-order valence-corrected chi connectivity index (χ2v) is 7.71. The van der Waals surface area contributed by atoms with E-state index in [4.69, 9.17) is 4.74 Å². The SMILES string of the molecule is CN=C(NCc1ccc(CN2CCCC2)cc1)N1CC(C)C(C(=O)OC)C1. The third-order valence-corrected chi connectivity index (χ3v) is 5.71. The molecule has 27 heavy (non-hydrogen) atoms. The van der Waals surface area contributed by atoms with Crippen molar-refractivity contribution in [1.29, 1.82) is 0 Å². The summed E-state index contributed by atoms with van der Waals surface area (Å²) >= 11 is 0. The molecule has 1 aromatic rings. The minimum absolute atomic E-state index is 0.0848. The number of hydrogen-bond donors (Lipinski definition) is 1. The average molecular weight is 373 g/mol. The number of nitrogens with one attached hydrogen (secondary N) is 1. The highest BCUT2D eigenvalue weighted by atomic mass is 16.5. The standard InChI is InChI=1S/C21H32N4O2/c1-16-13-25(15-19(16)20(26)27-3)21(22-2)23-12-17-6-8-18(9-7-17)14-24-10-4-5-11-24/h6-9,16,19H,4-5,10-15H2,1-3H3,(H,22,23). The molecule has 0 aromatic heterocycles. The maximum atomic E-state index is 11.9. The van der Waals surface area contributed by atoms with Crippen molar-refractivity contribution in [2.24, 2.45) is 16.8 Å². The van der Waals surface area contributed by atoms with Crippen molar-refractivity contribution in [2.75, 3.05) is 40.3 Å². The highest BCUT2D eigenvalue weighted by Gasteiger charge is 2.36. The van der Waals surface area contributed by atoms with Crippen LogP contribution in [0.25, 0.3) is 0 Å². The molecule has 0 spiro atoms. The lowest BCUT2D eigenvalue weighted by molar-refractivity contribution is -0.145. The Bertz CT molecular complexity index is 653. The van der Waals surface area contributed by atoms with E-state index >= 15 is 0 Å². The highest BCUT2D eigenvalue weighted by molar-refractivity contribution is 5.82. The monoisotopic (exact) mass is 372 g/mol. The van der Waals surface area contributed by atoms with Crippen LogP contribution in [0.2, 0.25) is 0 Å². The molecule has 0 saturated carbocycles. The van der Waals surface area contributed by atoms with Gasteiger partial charge in [-0.2, -0.15) is 0 Å². The normalized spacial score (nSPS) is 23.7. The molecular formula is C21H32N4O2. The molecule has 0 amide bonds. The van der Waals surface area contributed by atoms with Gasteiger partial charge >= 0.3 is 5.97 Å². The summed E-state index contributed by atoms with van der Waals surface area (Å²) in [5, 5.41) is 3.43. The molecular weight excluding hydrogens is 340 g/mol. The molecule has 0 radical (unpaired) electrons. The van der Waals surface area contributed by atoms with Gasteiger partial charge in [-0.1, -0.05) is 31.2 Å². The molecule has 2 fully saturated rings. The quantitative estimate of drug-likeness (QED) is 0.487. The third-order valence-electron chi connectivity index (χ3n) is 5.71. The maximum absolute atomic E-state index is 11.9. The van der Waals surface area contributed by atoms with Crippen LogP contribution in [-0.2, 0) is 22.6 Å². The number of methoxy groups -OCH3 is 1. The van der Waals surface area contributed by atoms with E-state index in [1.807, 2.05) is 0 Å². The van der Waals surface area contributed by atoms with Gasteiger partial charge < -0.3 is 15.0 Å². The van der Waals surface area contributed by atoms with Crippen LogP contribution in [0.4, 0.5) is 0 Å². The van der Waals surface area contributed by atoms with Crippen molar-refractivity contribution in [2.45, 2.75) is 32.9 Å². The predicted octanol–water partition coefficient (Wildman–Crippen LogP) is 2.10. The maximum Gasteiger partial charge on any atom is 0.310 e. The Balaban J connectivity index is 1.51. The predicted molar refractivity (Wildman–Crippen MR) is 107 cm³/mol. The smallest absolute Gasteiger partial charge is 0.310 e. The Hall–Kier alpha value is -2.08. The zero-order chi connectivity index (χ0) is 19.2. The van der Waals surface area contributed by atoms with Crippen LogP contribution in [0, 0.1) is 11.8 Å². The third kappa shape index (κ3) is 5.01. The number of aliphatic imine (C=N–C) groups is 1. The van der Waals surface area contributed by atoms with Crippen LogP contribution in [0.15, 0.2) is 29.3 Å². The van der Waals surface area contributed by atoms with Gasteiger partial charge in [-0.25, -0.2) is 0 Å². The number of nitrogens with zero attached hydrogens (tertiary/aromatic N) is 3. The molecule has 2 aliphatic heterocycles. The molecule has 6 heteroatoms. The van der Waals surface area contributed by atoms with E-state index < -0.39 is 0 Å². The second kappa shape index (κ2) is 9.22. The van der Waals surface area contributed by atoms with Crippen LogP contribution < -0.4 is 5.32 Å². The molecule has 2 unspecified atom stereocenters. The Labute approximate surface area is 162 Å². The van der Waals surface area contributed by atoms with Gasteiger partial charge in [0, 0.05) is 33.2 Å². The summed E-state index contributed by atoms with van der Waals surface area (Å²) in [5.74, 6) is 0.891. The van der Waals surface area contributed by atoms with Crippen LogP contribution in [0.1, 0.15) is 30.9 Å². The summed E-state index contributed by atoms with van der Waals surface area (Å²) in [4.78, 5) is 21.0. The van der Waals surface area contributed by atoms with Gasteiger partial charge in [0.25, 0.3) is 0 Å². The van der Waals surface area contributed by atoms with Gasteiger partial charge in [-0.05, 0) is 43.0 Å². The molecule has 0 bridgehead atoms. The zero-order valence-electron chi connectivity index (χ0n) is 16.8.